The molecule has 3 rings (SSSR count). The number of rotatable bonds is 3. The Bertz CT molecular complexity index is 901. The smallest absolute Gasteiger partial charge is 0.434 e. The van der Waals surface area contributed by atoms with Crippen molar-refractivity contribution < 1.29 is 27.9 Å². The lowest BCUT2D eigenvalue weighted by molar-refractivity contribution is -0.141. The Labute approximate surface area is 160 Å². The number of carbonyl (C=O) groups is 2. The molecule has 0 aromatic carbocycles. The predicted molar refractivity (Wildman–Crippen MR) is 89.2 cm³/mol. The van der Waals surface area contributed by atoms with E-state index >= 15 is 0 Å². The first-order valence-electron chi connectivity index (χ1n) is 7.88. The van der Waals surface area contributed by atoms with Crippen molar-refractivity contribution in [1.29, 1.82) is 0 Å². The average molecular weight is 417 g/mol. The number of nitrogens with zero attached hydrogens (tertiary/aromatic N) is 6. The molecule has 2 aromatic rings. The second-order valence-electron chi connectivity index (χ2n) is 5.76. The molecule has 0 atom stereocenters. The minimum atomic E-state index is -4.85. The Kier molecular flexibility index (Phi) is 5.31. The van der Waals surface area contributed by atoms with Crippen molar-refractivity contribution in [3.63, 3.8) is 0 Å². The summed E-state index contributed by atoms with van der Waals surface area (Å²) in [4.78, 5) is 33.0. The summed E-state index contributed by atoms with van der Waals surface area (Å²) < 4.78 is 39.4. The van der Waals surface area contributed by atoms with Crippen LogP contribution < -0.4 is 4.90 Å². The maximum absolute atomic E-state index is 13.1. The molecule has 1 aliphatic heterocycles. The molecule has 2 aromatic heterocycles. The molecule has 0 saturated carbocycles. The van der Waals surface area contributed by atoms with E-state index in [0.29, 0.717) is 5.82 Å². The van der Waals surface area contributed by atoms with E-state index in [-0.39, 0.29) is 31.9 Å². The molecule has 1 aliphatic rings. The molecule has 28 heavy (non-hydrogen) atoms. The quantitative estimate of drug-likeness (QED) is 0.751. The van der Waals surface area contributed by atoms with Crippen LogP contribution in [0.3, 0.4) is 0 Å². The average Bonchev–Trinajstić information content (AvgIpc) is 2.67. The van der Waals surface area contributed by atoms with Gasteiger partial charge >= 0.3 is 12.1 Å². The molecule has 13 heteroatoms. The fourth-order valence-electron chi connectivity index (χ4n) is 2.65. The molecule has 1 amide bonds. The maximum Gasteiger partial charge on any atom is 0.434 e. The number of anilines is 1. The van der Waals surface area contributed by atoms with Crippen molar-refractivity contribution >= 4 is 29.3 Å². The number of hydrogen-bond donors (Lipinski definition) is 1. The van der Waals surface area contributed by atoms with Gasteiger partial charge in [-0.2, -0.15) is 13.2 Å². The maximum atomic E-state index is 13.1. The predicted octanol–water partition coefficient (Wildman–Crippen LogP) is 1.60. The Morgan fingerprint density at radius 2 is 1.79 bits per heavy atom. The van der Waals surface area contributed by atoms with Gasteiger partial charge in [0.05, 0.1) is 5.56 Å². The molecule has 0 unspecified atom stereocenters. The van der Waals surface area contributed by atoms with Crippen LogP contribution in [0.25, 0.3) is 0 Å². The molecule has 9 nitrogen and oxygen atoms in total. The van der Waals surface area contributed by atoms with E-state index in [1.54, 1.807) is 4.90 Å². The Morgan fingerprint density at radius 3 is 2.32 bits per heavy atom. The number of carbonyl (C=O) groups excluding carboxylic acids is 1. The van der Waals surface area contributed by atoms with E-state index in [0.717, 1.165) is 6.20 Å². The highest BCUT2D eigenvalue weighted by Gasteiger charge is 2.39. The van der Waals surface area contributed by atoms with Crippen molar-refractivity contribution in [2.75, 3.05) is 31.1 Å². The summed E-state index contributed by atoms with van der Waals surface area (Å²) in [6, 6.07) is 2.77. The third-order valence-corrected chi connectivity index (χ3v) is 4.20. The van der Waals surface area contributed by atoms with Crippen LogP contribution in [0.4, 0.5) is 19.0 Å². The van der Waals surface area contributed by atoms with Gasteiger partial charge in [0, 0.05) is 32.4 Å². The van der Waals surface area contributed by atoms with Crippen LogP contribution in [0.1, 0.15) is 26.5 Å². The fourth-order valence-corrected chi connectivity index (χ4v) is 2.78. The lowest BCUT2D eigenvalue weighted by Gasteiger charge is -2.35. The first-order chi connectivity index (χ1) is 13.2. The molecule has 0 bridgehead atoms. The highest BCUT2D eigenvalue weighted by atomic mass is 35.5. The van der Waals surface area contributed by atoms with Gasteiger partial charge in [0.25, 0.3) is 5.91 Å². The van der Waals surface area contributed by atoms with Crippen molar-refractivity contribution in [1.82, 2.24) is 25.1 Å². The molecule has 0 aliphatic carbocycles. The largest absolute Gasteiger partial charge is 0.476 e. The molecule has 0 radical (unpaired) electrons. The standard InChI is InChI=1S/C15H12ClF3N6O3/c16-14-20-7-8(11(21-14)15(17,18)19)12(26)25-5-3-24(4-6-25)10-2-1-9(13(27)28)22-23-10/h1-2,7H,3-6H2,(H,27,28). The number of aromatic nitrogens is 4. The van der Waals surface area contributed by atoms with Crippen molar-refractivity contribution in [3.05, 3.63) is 40.6 Å². The summed E-state index contributed by atoms with van der Waals surface area (Å²) >= 11 is 5.43. The van der Waals surface area contributed by atoms with Crippen LogP contribution in [0.5, 0.6) is 0 Å². The Balaban J connectivity index is 1.71. The van der Waals surface area contributed by atoms with Crippen molar-refractivity contribution in [2.45, 2.75) is 6.18 Å². The number of carboxylic acids is 1. The SMILES string of the molecule is O=C(O)c1ccc(N2CCN(C(=O)c3cnc(Cl)nc3C(F)(F)F)CC2)nn1. The molecule has 1 fully saturated rings. The molecule has 3 heterocycles. The molecular weight excluding hydrogens is 405 g/mol. The van der Waals surface area contributed by atoms with Gasteiger partial charge in [-0.3, -0.25) is 4.79 Å². The van der Waals surface area contributed by atoms with Gasteiger partial charge in [0.2, 0.25) is 5.28 Å². The van der Waals surface area contributed by atoms with Crippen LogP contribution >= 0.6 is 11.6 Å². The minimum Gasteiger partial charge on any atom is -0.476 e. The van der Waals surface area contributed by atoms with Crippen LogP contribution in [-0.2, 0) is 6.18 Å². The van der Waals surface area contributed by atoms with E-state index in [2.05, 4.69) is 20.2 Å². The number of piperazine rings is 1. The van der Waals surface area contributed by atoms with Crippen LogP contribution in [0.2, 0.25) is 5.28 Å². The summed E-state index contributed by atoms with van der Waals surface area (Å²) in [7, 11) is 0. The van der Waals surface area contributed by atoms with Crippen LogP contribution in [-0.4, -0.2) is 68.2 Å². The summed E-state index contributed by atoms with van der Waals surface area (Å²) in [6.07, 6.45) is -4.08. The third kappa shape index (κ3) is 4.11. The number of alkyl halides is 3. The summed E-state index contributed by atoms with van der Waals surface area (Å²) in [5.41, 5.74) is -2.26. The van der Waals surface area contributed by atoms with E-state index < -0.39 is 34.6 Å². The van der Waals surface area contributed by atoms with Crippen molar-refractivity contribution in [3.8, 4) is 0 Å². The Morgan fingerprint density at radius 1 is 1.11 bits per heavy atom. The molecule has 148 valence electrons. The van der Waals surface area contributed by atoms with Crippen molar-refractivity contribution in [2.24, 2.45) is 0 Å². The molecular formula is C15H12ClF3N6O3. The van der Waals surface area contributed by atoms with Gasteiger partial charge in [-0.1, -0.05) is 0 Å². The van der Waals surface area contributed by atoms with Gasteiger partial charge in [-0.25, -0.2) is 14.8 Å². The second-order valence-corrected chi connectivity index (χ2v) is 6.10. The zero-order chi connectivity index (χ0) is 20.5. The normalized spacial score (nSPS) is 14.9. The van der Waals surface area contributed by atoms with Crippen LogP contribution in [0.15, 0.2) is 18.3 Å². The number of hydrogen-bond acceptors (Lipinski definition) is 7. The fraction of sp³-hybridized carbons (Fsp3) is 0.333. The lowest BCUT2D eigenvalue weighted by Crippen LogP contribution is -2.49. The highest BCUT2D eigenvalue weighted by molar-refractivity contribution is 6.28. The van der Waals surface area contributed by atoms with Crippen LogP contribution in [0, 0.1) is 0 Å². The zero-order valence-electron chi connectivity index (χ0n) is 14.0. The zero-order valence-corrected chi connectivity index (χ0v) is 14.8. The number of amides is 1. The summed E-state index contributed by atoms with van der Waals surface area (Å²) in [5.74, 6) is -1.65. The van der Waals surface area contributed by atoms with Gasteiger partial charge in [-0.05, 0) is 23.7 Å². The number of aromatic carboxylic acids is 1. The molecule has 1 N–H and O–H groups in total. The summed E-state index contributed by atoms with van der Waals surface area (Å²) in [6.45, 7) is 0.813. The lowest BCUT2D eigenvalue weighted by atomic mass is 10.1. The van der Waals surface area contributed by atoms with Gasteiger partial charge < -0.3 is 14.9 Å². The van der Waals surface area contributed by atoms with E-state index in [1.807, 2.05) is 0 Å². The number of carboxylic acid groups (broad SMARTS) is 1. The van der Waals surface area contributed by atoms with Gasteiger partial charge in [-0.15, -0.1) is 10.2 Å². The first-order valence-corrected chi connectivity index (χ1v) is 8.25. The molecule has 1 saturated heterocycles. The first kappa shape index (κ1) is 19.7. The minimum absolute atomic E-state index is 0.126. The van der Waals surface area contributed by atoms with E-state index in [4.69, 9.17) is 16.7 Å². The number of halogens is 4. The van der Waals surface area contributed by atoms with Gasteiger partial charge in [0.1, 0.15) is 0 Å². The Hall–Kier alpha value is -3.02. The summed E-state index contributed by atoms with van der Waals surface area (Å²) in [5, 5.41) is 15.6. The highest BCUT2D eigenvalue weighted by Crippen LogP contribution is 2.31. The third-order valence-electron chi connectivity index (χ3n) is 4.02. The monoisotopic (exact) mass is 416 g/mol. The molecule has 0 spiro atoms. The van der Waals surface area contributed by atoms with E-state index in [9.17, 15) is 22.8 Å². The van der Waals surface area contributed by atoms with Gasteiger partial charge in [0.15, 0.2) is 17.2 Å². The van der Waals surface area contributed by atoms with E-state index in [1.165, 1.54) is 17.0 Å². The topological polar surface area (TPSA) is 112 Å². The second kappa shape index (κ2) is 7.54.